The van der Waals surface area contributed by atoms with Gasteiger partial charge in [0.2, 0.25) is 0 Å². The SMILES string of the molecule is CCCC(NC(=O)NCCn1ccnn1)C(=O)O. The van der Waals surface area contributed by atoms with Crippen molar-refractivity contribution in [3.05, 3.63) is 12.4 Å². The molecular formula is C10H17N5O3. The Morgan fingerprint density at radius 1 is 1.50 bits per heavy atom. The van der Waals surface area contributed by atoms with Crippen molar-refractivity contribution >= 4 is 12.0 Å². The van der Waals surface area contributed by atoms with Crippen LogP contribution < -0.4 is 10.6 Å². The second-order valence-corrected chi connectivity index (χ2v) is 3.75. The number of carboxylic acids is 1. The molecule has 0 aromatic carbocycles. The molecule has 8 nitrogen and oxygen atoms in total. The zero-order valence-corrected chi connectivity index (χ0v) is 10.2. The van der Waals surface area contributed by atoms with Gasteiger partial charge in [0, 0.05) is 12.7 Å². The summed E-state index contributed by atoms with van der Waals surface area (Å²) in [6, 6.07) is -1.34. The summed E-state index contributed by atoms with van der Waals surface area (Å²) in [6.07, 6.45) is 4.32. The van der Waals surface area contributed by atoms with E-state index in [0.29, 0.717) is 25.9 Å². The Balaban J connectivity index is 2.25. The molecule has 0 saturated carbocycles. The van der Waals surface area contributed by atoms with E-state index in [1.807, 2.05) is 6.92 Å². The van der Waals surface area contributed by atoms with Crippen LogP contribution in [0.1, 0.15) is 19.8 Å². The molecule has 0 fully saturated rings. The van der Waals surface area contributed by atoms with Gasteiger partial charge in [-0.3, -0.25) is 4.68 Å². The first-order chi connectivity index (χ1) is 8.63. The van der Waals surface area contributed by atoms with E-state index >= 15 is 0 Å². The molecule has 0 spiro atoms. The molecule has 0 aliphatic rings. The molecule has 1 heterocycles. The van der Waals surface area contributed by atoms with Crippen molar-refractivity contribution in [2.24, 2.45) is 0 Å². The van der Waals surface area contributed by atoms with Crippen molar-refractivity contribution in [1.29, 1.82) is 0 Å². The van der Waals surface area contributed by atoms with E-state index < -0.39 is 18.0 Å². The summed E-state index contributed by atoms with van der Waals surface area (Å²) >= 11 is 0. The number of carbonyl (C=O) groups is 2. The molecule has 18 heavy (non-hydrogen) atoms. The highest BCUT2D eigenvalue weighted by Crippen LogP contribution is 1.96. The highest BCUT2D eigenvalue weighted by atomic mass is 16.4. The number of amides is 2. The minimum Gasteiger partial charge on any atom is -0.480 e. The van der Waals surface area contributed by atoms with Crippen LogP contribution in [0.3, 0.4) is 0 Å². The number of hydrogen-bond acceptors (Lipinski definition) is 4. The first-order valence-electron chi connectivity index (χ1n) is 5.74. The number of carbonyl (C=O) groups excluding carboxylic acids is 1. The molecule has 0 bridgehead atoms. The third-order valence-corrected chi connectivity index (χ3v) is 2.28. The monoisotopic (exact) mass is 255 g/mol. The molecule has 100 valence electrons. The molecule has 8 heteroatoms. The molecule has 2 amide bonds. The Hall–Kier alpha value is -2.12. The van der Waals surface area contributed by atoms with Crippen LogP contribution in [0.15, 0.2) is 12.4 Å². The Morgan fingerprint density at radius 2 is 2.28 bits per heavy atom. The minimum absolute atomic E-state index is 0.355. The molecule has 0 aliphatic heterocycles. The predicted molar refractivity (Wildman–Crippen MR) is 62.9 cm³/mol. The minimum atomic E-state index is -1.02. The lowest BCUT2D eigenvalue weighted by atomic mass is 10.2. The maximum Gasteiger partial charge on any atom is 0.326 e. The fourth-order valence-corrected chi connectivity index (χ4v) is 1.39. The average molecular weight is 255 g/mol. The van der Waals surface area contributed by atoms with Gasteiger partial charge in [0.25, 0.3) is 0 Å². The summed E-state index contributed by atoms with van der Waals surface area (Å²) in [5.41, 5.74) is 0. The van der Waals surface area contributed by atoms with E-state index in [4.69, 9.17) is 5.11 Å². The van der Waals surface area contributed by atoms with Crippen molar-refractivity contribution in [3.63, 3.8) is 0 Å². The maximum atomic E-state index is 11.4. The predicted octanol–water partition coefficient (Wildman–Crippen LogP) is -0.169. The maximum absolute atomic E-state index is 11.4. The number of nitrogens with zero attached hydrogens (tertiary/aromatic N) is 3. The van der Waals surface area contributed by atoms with Crippen LogP contribution in [0.4, 0.5) is 4.79 Å². The molecule has 0 radical (unpaired) electrons. The van der Waals surface area contributed by atoms with E-state index in [9.17, 15) is 9.59 Å². The number of aliphatic carboxylic acids is 1. The zero-order chi connectivity index (χ0) is 13.4. The van der Waals surface area contributed by atoms with Gasteiger partial charge >= 0.3 is 12.0 Å². The third-order valence-electron chi connectivity index (χ3n) is 2.28. The second-order valence-electron chi connectivity index (χ2n) is 3.75. The Morgan fingerprint density at radius 3 is 2.83 bits per heavy atom. The Bertz CT molecular complexity index is 379. The van der Waals surface area contributed by atoms with Gasteiger partial charge in [-0.2, -0.15) is 0 Å². The van der Waals surface area contributed by atoms with Crippen molar-refractivity contribution in [2.75, 3.05) is 6.54 Å². The topological polar surface area (TPSA) is 109 Å². The first kappa shape index (κ1) is 13.9. The molecule has 1 rings (SSSR count). The van der Waals surface area contributed by atoms with E-state index in [1.54, 1.807) is 17.1 Å². The number of urea groups is 1. The summed E-state index contributed by atoms with van der Waals surface area (Å²) in [5.74, 6) is -1.02. The van der Waals surface area contributed by atoms with Gasteiger partial charge in [-0.15, -0.1) is 5.10 Å². The summed E-state index contributed by atoms with van der Waals surface area (Å²) < 4.78 is 1.57. The summed E-state index contributed by atoms with van der Waals surface area (Å²) in [4.78, 5) is 22.3. The first-order valence-corrected chi connectivity index (χ1v) is 5.74. The van der Waals surface area contributed by atoms with Crippen molar-refractivity contribution in [1.82, 2.24) is 25.6 Å². The van der Waals surface area contributed by atoms with E-state index in [-0.39, 0.29) is 0 Å². The second kappa shape index (κ2) is 7.25. The Kier molecular flexibility index (Phi) is 5.62. The lowest BCUT2D eigenvalue weighted by Gasteiger charge is -2.14. The van der Waals surface area contributed by atoms with Crippen molar-refractivity contribution < 1.29 is 14.7 Å². The van der Waals surface area contributed by atoms with Gasteiger partial charge < -0.3 is 15.7 Å². The average Bonchev–Trinajstić information content (AvgIpc) is 2.81. The number of carboxylic acid groups (broad SMARTS) is 1. The molecule has 1 aromatic heterocycles. The van der Waals surface area contributed by atoms with Crippen molar-refractivity contribution in [2.45, 2.75) is 32.4 Å². The third kappa shape index (κ3) is 4.81. The Labute approximate surface area is 104 Å². The highest BCUT2D eigenvalue weighted by molar-refractivity contribution is 5.82. The van der Waals surface area contributed by atoms with Gasteiger partial charge in [0.15, 0.2) is 0 Å². The van der Waals surface area contributed by atoms with E-state index in [2.05, 4.69) is 20.9 Å². The van der Waals surface area contributed by atoms with E-state index in [1.165, 1.54) is 0 Å². The van der Waals surface area contributed by atoms with Crippen LogP contribution in [0, 0.1) is 0 Å². The molecule has 1 atom stereocenters. The summed E-state index contributed by atoms with van der Waals surface area (Å²) in [5, 5.41) is 21.2. The van der Waals surface area contributed by atoms with Crippen molar-refractivity contribution in [3.8, 4) is 0 Å². The van der Waals surface area contributed by atoms with Gasteiger partial charge in [-0.05, 0) is 6.42 Å². The highest BCUT2D eigenvalue weighted by Gasteiger charge is 2.18. The molecular weight excluding hydrogens is 238 g/mol. The quantitative estimate of drug-likeness (QED) is 0.626. The lowest BCUT2D eigenvalue weighted by molar-refractivity contribution is -0.139. The van der Waals surface area contributed by atoms with Crippen LogP contribution in [-0.4, -0.2) is 44.7 Å². The lowest BCUT2D eigenvalue weighted by Crippen LogP contribution is -2.46. The number of aromatic nitrogens is 3. The van der Waals surface area contributed by atoms with E-state index in [0.717, 1.165) is 0 Å². The van der Waals surface area contributed by atoms with Crippen LogP contribution in [-0.2, 0) is 11.3 Å². The van der Waals surface area contributed by atoms with Crippen LogP contribution >= 0.6 is 0 Å². The molecule has 1 aromatic rings. The number of nitrogens with one attached hydrogen (secondary N) is 2. The largest absolute Gasteiger partial charge is 0.480 e. The molecule has 0 saturated heterocycles. The molecule has 3 N–H and O–H groups in total. The van der Waals surface area contributed by atoms with Crippen LogP contribution in [0.5, 0.6) is 0 Å². The number of rotatable bonds is 7. The van der Waals surface area contributed by atoms with Crippen LogP contribution in [0.2, 0.25) is 0 Å². The fraction of sp³-hybridized carbons (Fsp3) is 0.600. The van der Waals surface area contributed by atoms with Gasteiger partial charge in [-0.25, -0.2) is 9.59 Å². The number of hydrogen-bond donors (Lipinski definition) is 3. The van der Waals surface area contributed by atoms with Gasteiger partial charge in [-0.1, -0.05) is 18.6 Å². The summed E-state index contributed by atoms with van der Waals surface area (Å²) in [6.45, 7) is 2.70. The van der Waals surface area contributed by atoms with Crippen LogP contribution in [0.25, 0.3) is 0 Å². The standard InChI is InChI=1S/C10H17N5O3/c1-2-3-8(9(16)17)13-10(18)11-4-6-15-7-5-12-14-15/h5,7-8H,2-4,6H2,1H3,(H,16,17)(H2,11,13,18). The normalized spacial score (nSPS) is 11.8. The molecule has 1 unspecified atom stereocenters. The molecule has 0 aliphatic carbocycles. The summed E-state index contributed by atoms with van der Waals surface area (Å²) in [7, 11) is 0. The zero-order valence-electron chi connectivity index (χ0n) is 10.2. The van der Waals surface area contributed by atoms with Gasteiger partial charge in [0.05, 0.1) is 12.7 Å². The fourth-order valence-electron chi connectivity index (χ4n) is 1.39. The smallest absolute Gasteiger partial charge is 0.326 e. The van der Waals surface area contributed by atoms with Gasteiger partial charge in [0.1, 0.15) is 6.04 Å².